The maximum Gasteiger partial charge on any atom is 0.184 e. The molecule has 17 heavy (non-hydrogen) atoms. The van der Waals surface area contributed by atoms with Gasteiger partial charge in [0, 0.05) is 6.04 Å². The van der Waals surface area contributed by atoms with Crippen molar-refractivity contribution in [2.75, 3.05) is 11.9 Å². The first-order valence-corrected chi connectivity index (χ1v) is 6.84. The fourth-order valence-electron chi connectivity index (χ4n) is 1.84. The summed E-state index contributed by atoms with van der Waals surface area (Å²) in [6, 6.07) is 8.62. The van der Waals surface area contributed by atoms with Crippen LogP contribution in [0.5, 0.6) is 0 Å². The molecule has 0 amide bonds. The highest BCUT2D eigenvalue weighted by Gasteiger charge is 2.14. The predicted octanol–water partition coefficient (Wildman–Crippen LogP) is 3.08. The number of nitrogens with two attached hydrogens (primary N) is 1. The molecule has 0 fully saturated rings. The van der Waals surface area contributed by atoms with Crippen molar-refractivity contribution in [3.63, 3.8) is 0 Å². The van der Waals surface area contributed by atoms with Crippen LogP contribution in [0.3, 0.4) is 0 Å². The summed E-state index contributed by atoms with van der Waals surface area (Å²) < 4.78 is 1.23. The summed E-state index contributed by atoms with van der Waals surface area (Å²) in [5, 5.41) is 4.49. The number of hydrogen-bond donors (Lipinski definition) is 2. The molecule has 0 saturated heterocycles. The second-order valence-corrected chi connectivity index (χ2v) is 5.59. The van der Waals surface area contributed by atoms with Crippen LogP contribution < -0.4 is 11.1 Å². The molecular weight excluding hydrogens is 230 g/mol. The first-order valence-electron chi connectivity index (χ1n) is 6.03. The second kappa shape index (κ2) is 5.47. The van der Waals surface area contributed by atoms with Gasteiger partial charge in [0.05, 0.1) is 10.2 Å². The molecule has 0 radical (unpaired) electrons. The normalized spacial score (nSPS) is 13.2. The molecule has 0 bridgehead atoms. The Kier molecular flexibility index (Phi) is 3.97. The lowest BCUT2D eigenvalue weighted by Gasteiger charge is -2.20. The maximum atomic E-state index is 5.64. The summed E-state index contributed by atoms with van der Waals surface area (Å²) in [6.45, 7) is 5.13. The molecule has 0 saturated carbocycles. The molecule has 2 aromatic rings. The van der Waals surface area contributed by atoms with E-state index in [1.54, 1.807) is 11.3 Å². The van der Waals surface area contributed by atoms with Crippen LogP contribution in [0.4, 0.5) is 5.13 Å². The number of rotatable bonds is 5. The number of hydrogen-bond acceptors (Lipinski definition) is 4. The highest BCUT2D eigenvalue weighted by atomic mass is 32.1. The molecule has 1 atom stereocenters. The number of fused-ring (bicyclic) bond motifs is 1. The molecule has 1 heterocycles. The van der Waals surface area contributed by atoms with E-state index < -0.39 is 0 Å². The molecule has 92 valence electrons. The summed E-state index contributed by atoms with van der Waals surface area (Å²) in [7, 11) is 0. The Morgan fingerprint density at radius 3 is 2.76 bits per heavy atom. The van der Waals surface area contributed by atoms with Crippen LogP contribution in [0.1, 0.15) is 20.3 Å². The summed E-state index contributed by atoms with van der Waals surface area (Å²) >= 11 is 1.71. The van der Waals surface area contributed by atoms with Crippen LogP contribution in [-0.2, 0) is 0 Å². The zero-order valence-corrected chi connectivity index (χ0v) is 11.1. The number of thiazole rings is 1. The van der Waals surface area contributed by atoms with E-state index in [9.17, 15) is 0 Å². The Bertz CT molecular complexity index is 445. The molecule has 1 aromatic heterocycles. The number of anilines is 1. The average molecular weight is 249 g/mol. The van der Waals surface area contributed by atoms with Gasteiger partial charge in [-0.25, -0.2) is 4.98 Å². The monoisotopic (exact) mass is 249 g/mol. The molecular formula is C13H19N3S. The molecule has 0 spiro atoms. The minimum Gasteiger partial charge on any atom is -0.358 e. The predicted molar refractivity (Wildman–Crippen MR) is 75.5 cm³/mol. The van der Waals surface area contributed by atoms with E-state index in [0.29, 0.717) is 18.5 Å². The maximum absolute atomic E-state index is 5.64. The smallest absolute Gasteiger partial charge is 0.184 e. The van der Waals surface area contributed by atoms with Gasteiger partial charge in [0.2, 0.25) is 0 Å². The van der Waals surface area contributed by atoms with Crippen LogP contribution in [-0.4, -0.2) is 17.6 Å². The van der Waals surface area contributed by atoms with Gasteiger partial charge >= 0.3 is 0 Å². The number of aromatic nitrogens is 1. The van der Waals surface area contributed by atoms with E-state index in [0.717, 1.165) is 17.1 Å². The lowest BCUT2D eigenvalue weighted by Crippen LogP contribution is -2.28. The standard InChI is InChI=1S/C13H19N3S/c1-9(2)10(7-8-14)15-13-16-11-5-3-4-6-12(11)17-13/h3-6,9-10H,7-8,14H2,1-2H3,(H,15,16). The van der Waals surface area contributed by atoms with Gasteiger partial charge in [-0.2, -0.15) is 0 Å². The molecule has 4 heteroatoms. The van der Waals surface area contributed by atoms with Gasteiger partial charge in [-0.3, -0.25) is 0 Å². The molecule has 0 aliphatic rings. The average Bonchev–Trinajstić information content (AvgIpc) is 2.70. The van der Waals surface area contributed by atoms with Crippen LogP contribution in [0.25, 0.3) is 10.2 Å². The van der Waals surface area contributed by atoms with E-state index >= 15 is 0 Å². The highest BCUT2D eigenvalue weighted by molar-refractivity contribution is 7.22. The highest BCUT2D eigenvalue weighted by Crippen LogP contribution is 2.27. The van der Waals surface area contributed by atoms with Gasteiger partial charge < -0.3 is 11.1 Å². The Hall–Kier alpha value is -1.13. The summed E-state index contributed by atoms with van der Waals surface area (Å²) in [4.78, 5) is 4.58. The molecule has 0 aliphatic carbocycles. The van der Waals surface area contributed by atoms with Gasteiger partial charge in [0.1, 0.15) is 0 Å². The number of para-hydroxylation sites is 1. The summed E-state index contributed by atoms with van der Waals surface area (Å²) in [6.07, 6.45) is 0.980. The third-order valence-corrected chi connectivity index (χ3v) is 3.85. The Morgan fingerprint density at radius 2 is 2.12 bits per heavy atom. The Labute approximate surface area is 106 Å². The van der Waals surface area contributed by atoms with Crippen molar-refractivity contribution in [3.8, 4) is 0 Å². The second-order valence-electron chi connectivity index (χ2n) is 4.56. The van der Waals surface area contributed by atoms with Crippen molar-refractivity contribution < 1.29 is 0 Å². The van der Waals surface area contributed by atoms with Crippen LogP contribution in [0, 0.1) is 5.92 Å². The lowest BCUT2D eigenvalue weighted by molar-refractivity contribution is 0.499. The van der Waals surface area contributed by atoms with Gasteiger partial charge in [-0.1, -0.05) is 37.3 Å². The van der Waals surface area contributed by atoms with Crippen molar-refractivity contribution in [2.24, 2.45) is 11.7 Å². The van der Waals surface area contributed by atoms with E-state index in [2.05, 4.69) is 30.2 Å². The first kappa shape index (κ1) is 12.3. The first-order chi connectivity index (χ1) is 8.20. The van der Waals surface area contributed by atoms with E-state index in [1.807, 2.05) is 18.2 Å². The van der Waals surface area contributed by atoms with Gasteiger partial charge in [-0.05, 0) is 31.0 Å². The van der Waals surface area contributed by atoms with Gasteiger partial charge in [0.15, 0.2) is 5.13 Å². The van der Waals surface area contributed by atoms with Gasteiger partial charge in [-0.15, -0.1) is 0 Å². The quantitative estimate of drug-likeness (QED) is 0.856. The minimum absolute atomic E-state index is 0.403. The molecule has 1 unspecified atom stereocenters. The zero-order chi connectivity index (χ0) is 12.3. The van der Waals surface area contributed by atoms with Crippen LogP contribution in [0.2, 0.25) is 0 Å². The zero-order valence-electron chi connectivity index (χ0n) is 10.3. The van der Waals surface area contributed by atoms with Crippen molar-refractivity contribution in [3.05, 3.63) is 24.3 Å². The number of nitrogens with one attached hydrogen (secondary N) is 1. The SMILES string of the molecule is CC(C)C(CCN)Nc1nc2ccccc2s1. The number of nitrogens with zero attached hydrogens (tertiary/aromatic N) is 1. The van der Waals surface area contributed by atoms with Gasteiger partial charge in [0.25, 0.3) is 0 Å². The fraction of sp³-hybridized carbons (Fsp3) is 0.462. The fourth-order valence-corrected chi connectivity index (χ4v) is 2.77. The van der Waals surface area contributed by atoms with Crippen molar-refractivity contribution >= 4 is 26.7 Å². The molecule has 0 aliphatic heterocycles. The van der Waals surface area contributed by atoms with Crippen molar-refractivity contribution in [1.82, 2.24) is 4.98 Å². The van der Waals surface area contributed by atoms with Crippen molar-refractivity contribution in [1.29, 1.82) is 0 Å². The molecule has 3 N–H and O–H groups in total. The summed E-state index contributed by atoms with van der Waals surface area (Å²) in [5.41, 5.74) is 6.70. The third-order valence-electron chi connectivity index (χ3n) is 2.89. The van der Waals surface area contributed by atoms with E-state index in [1.165, 1.54) is 4.70 Å². The van der Waals surface area contributed by atoms with Crippen LogP contribution in [0.15, 0.2) is 24.3 Å². The van der Waals surface area contributed by atoms with Crippen molar-refractivity contribution in [2.45, 2.75) is 26.3 Å². The number of benzene rings is 1. The third kappa shape index (κ3) is 2.96. The Balaban J connectivity index is 2.16. The Morgan fingerprint density at radius 1 is 1.35 bits per heavy atom. The molecule has 3 nitrogen and oxygen atoms in total. The topological polar surface area (TPSA) is 50.9 Å². The lowest BCUT2D eigenvalue weighted by atomic mass is 10.0. The van der Waals surface area contributed by atoms with E-state index in [4.69, 9.17) is 5.73 Å². The van der Waals surface area contributed by atoms with E-state index in [-0.39, 0.29) is 0 Å². The molecule has 2 rings (SSSR count). The largest absolute Gasteiger partial charge is 0.358 e. The molecule has 1 aromatic carbocycles. The van der Waals surface area contributed by atoms with Crippen LogP contribution >= 0.6 is 11.3 Å². The minimum atomic E-state index is 0.403. The summed E-state index contributed by atoms with van der Waals surface area (Å²) in [5.74, 6) is 0.561.